The molecule has 0 bridgehead atoms. The number of nitrogens with zero attached hydrogens (tertiary/aromatic N) is 1. The Morgan fingerprint density at radius 3 is 3.08 bits per heavy atom. The zero-order valence-corrected chi connectivity index (χ0v) is 7.05. The minimum atomic E-state index is -0.376. The molecule has 0 amide bonds. The van der Waals surface area contributed by atoms with Crippen LogP contribution in [0.1, 0.15) is 5.56 Å². The van der Waals surface area contributed by atoms with Crippen LogP contribution in [-0.4, -0.2) is 16.7 Å². The summed E-state index contributed by atoms with van der Waals surface area (Å²) >= 11 is 0. The van der Waals surface area contributed by atoms with Gasteiger partial charge in [0, 0.05) is 0 Å². The summed E-state index contributed by atoms with van der Waals surface area (Å²) in [5, 5.41) is 6.70. The summed E-state index contributed by atoms with van der Waals surface area (Å²) in [6.07, 6.45) is 0.674. The van der Waals surface area contributed by atoms with Gasteiger partial charge in [0.15, 0.2) is 0 Å². The van der Waals surface area contributed by atoms with Gasteiger partial charge in [-0.2, -0.15) is 9.49 Å². The number of fused-ring (bicyclic) bond motifs is 1. The van der Waals surface area contributed by atoms with E-state index in [1.165, 1.54) is 0 Å². The van der Waals surface area contributed by atoms with Crippen LogP contribution < -0.4 is 5.73 Å². The first kappa shape index (κ1) is 8.19. The van der Waals surface area contributed by atoms with Gasteiger partial charge in [-0.3, -0.25) is 5.10 Å². The number of aromatic amines is 1. The lowest BCUT2D eigenvalue weighted by Crippen LogP contribution is -2.03. The normalized spacial score (nSPS) is 10.9. The molecule has 1 aromatic heterocycles. The number of aromatic nitrogens is 2. The fourth-order valence-corrected chi connectivity index (χ4v) is 1.46. The Bertz CT molecular complexity index is 422. The first-order chi connectivity index (χ1) is 6.33. The molecule has 0 radical (unpaired) electrons. The second kappa shape index (κ2) is 3.14. The predicted octanol–water partition coefficient (Wildman–Crippen LogP) is 1.20. The molecule has 1 heterocycles. The zero-order valence-electron chi connectivity index (χ0n) is 7.05. The van der Waals surface area contributed by atoms with E-state index in [4.69, 9.17) is 5.73 Å². The van der Waals surface area contributed by atoms with Crippen LogP contribution in [0, 0.1) is 5.95 Å². The Kier molecular flexibility index (Phi) is 1.98. The monoisotopic (exact) mass is 179 g/mol. The lowest BCUT2D eigenvalue weighted by Gasteiger charge is -1.98. The molecule has 2 aromatic rings. The molecule has 0 atom stereocenters. The maximum absolute atomic E-state index is 13.2. The minimum Gasteiger partial charge on any atom is -0.330 e. The van der Waals surface area contributed by atoms with Crippen molar-refractivity contribution in [3.63, 3.8) is 0 Å². The summed E-state index contributed by atoms with van der Waals surface area (Å²) in [5.41, 5.74) is 6.98. The van der Waals surface area contributed by atoms with E-state index in [0.29, 0.717) is 23.9 Å². The van der Waals surface area contributed by atoms with Crippen molar-refractivity contribution in [3.8, 4) is 0 Å². The summed E-state index contributed by atoms with van der Waals surface area (Å²) in [6, 6.07) is 5.50. The van der Waals surface area contributed by atoms with Crippen molar-refractivity contribution < 1.29 is 4.39 Å². The van der Waals surface area contributed by atoms with Crippen molar-refractivity contribution in [1.29, 1.82) is 0 Å². The number of benzene rings is 1. The fourth-order valence-electron chi connectivity index (χ4n) is 1.46. The Morgan fingerprint density at radius 2 is 2.31 bits per heavy atom. The largest absolute Gasteiger partial charge is 0.330 e. The average Bonchev–Trinajstić information content (AvgIpc) is 2.50. The Labute approximate surface area is 74.7 Å². The molecule has 0 aliphatic rings. The summed E-state index contributed by atoms with van der Waals surface area (Å²) < 4.78 is 13.2. The summed E-state index contributed by atoms with van der Waals surface area (Å²) in [6.45, 7) is 0.518. The van der Waals surface area contributed by atoms with E-state index in [9.17, 15) is 4.39 Å². The van der Waals surface area contributed by atoms with Crippen molar-refractivity contribution in [2.75, 3.05) is 6.54 Å². The van der Waals surface area contributed by atoms with Gasteiger partial charge < -0.3 is 5.73 Å². The van der Waals surface area contributed by atoms with Crippen molar-refractivity contribution >= 4 is 10.9 Å². The predicted molar refractivity (Wildman–Crippen MR) is 48.8 cm³/mol. The molecule has 3 N–H and O–H groups in total. The number of rotatable bonds is 2. The molecule has 68 valence electrons. The summed E-state index contributed by atoms with van der Waals surface area (Å²) in [7, 11) is 0. The molecule has 1 aromatic carbocycles. The van der Waals surface area contributed by atoms with Gasteiger partial charge >= 0.3 is 0 Å². The van der Waals surface area contributed by atoms with Crippen LogP contribution in [-0.2, 0) is 6.42 Å². The molecule has 0 fully saturated rings. The first-order valence-corrected chi connectivity index (χ1v) is 4.14. The molecule has 3 nitrogen and oxygen atoms in total. The van der Waals surface area contributed by atoms with Gasteiger partial charge in [0.05, 0.1) is 10.9 Å². The van der Waals surface area contributed by atoms with Crippen molar-refractivity contribution in [3.05, 3.63) is 29.7 Å². The van der Waals surface area contributed by atoms with E-state index in [0.717, 1.165) is 5.56 Å². The third-order valence-corrected chi connectivity index (χ3v) is 2.04. The molecular formula is C9H10FN3. The number of halogens is 1. The number of hydrogen-bond acceptors (Lipinski definition) is 2. The van der Waals surface area contributed by atoms with Crippen LogP contribution in [0.15, 0.2) is 18.2 Å². The summed E-state index contributed by atoms with van der Waals surface area (Å²) in [5.74, 6) is -0.376. The molecule has 0 aliphatic heterocycles. The molecule has 0 saturated heterocycles. The van der Waals surface area contributed by atoms with Crippen LogP contribution >= 0.6 is 0 Å². The smallest absolute Gasteiger partial charge is 0.217 e. The second-order valence-electron chi connectivity index (χ2n) is 2.89. The molecule has 0 saturated carbocycles. The first-order valence-electron chi connectivity index (χ1n) is 4.14. The third kappa shape index (κ3) is 1.29. The van der Waals surface area contributed by atoms with Gasteiger partial charge in [-0.25, -0.2) is 0 Å². The Hall–Kier alpha value is -1.42. The molecule has 0 aliphatic carbocycles. The second-order valence-corrected chi connectivity index (χ2v) is 2.89. The quantitative estimate of drug-likeness (QED) is 0.727. The van der Waals surface area contributed by atoms with E-state index in [1.807, 2.05) is 12.1 Å². The molecule has 4 heteroatoms. The number of nitrogens with one attached hydrogen (secondary N) is 1. The fraction of sp³-hybridized carbons (Fsp3) is 0.222. The molecule has 13 heavy (non-hydrogen) atoms. The van der Waals surface area contributed by atoms with E-state index in [2.05, 4.69) is 10.2 Å². The van der Waals surface area contributed by atoms with E-state index in [-0.39, 0.29) is 5.95 Å². The van der Waals surface area contributed by atoms with Crippen molar-refractivity contribution in [2.45, 2.75) is 6.42 Å². The maximum Gasteiger partial charge on any atom is 0.217 e. The van der Waals surface area contributed by atoms with E-state index < -0.39 is 0 Å². The van der Waals surface area contributed by atoms with Crippen molar-refractivity contribution in [2.24, 2.45) is 5.73 Å². The molecule has 0 spiro atoms. The number of hydrogen-bond donors (Lipinski definition) is 2. The molecular weight excluding hydrogens is 169 g/mol. The Balaban J connectivity index is 2.65. The SMILES string of the molecule is NCCc1cccc2n[nH]c(F)c12. The van der Waals surface area contributed by atoms with Gasteiger partial charge in [0.2, 0.25) is 5.95 Å². The summed E-state index contributed by atoms with van der Waals surface area (Å²) in [4.78, 5) is 0. The van der Waals surface area contributed by atoms with Crippen LogP contribution in [0.2, 0.25) is 0 Å². The van der Waals surface area contributed by atoms with Crippen LogP contribution in [0.25, 0.3) is 10.9 Å². The Morgan fingerprint density at radius 1 is 1.46 bits per heavy atom. The van der Waals surface area contributed by atoms with Crippen LogP contribution in [0.3, 0.4) is 0 Å². The van der Waals surface area contributed by atoms with Gasteiger partial charge in [0.1, 0.15) is 0 Å². The number of H-pyrrole nitrogens is 1. The molecule has 0 unspecified atom stereocenters. The average molecular weight is 179 g/mol. The van der Waals surface area contributed by atoms with E-state index in [1.54, 1.807) is 6.07 Å². The van der Waals surface area contributed by atoms with E-state index >= 15 is 0 Å². The highest BCUT2D eigenvalue weighted by Gasteiger charge is 2.07. The highest BCUT2D eigenvalue weighted by molar-refractivity contribution is 5.82. The van der Waals surface area contributed by atoms with Gasteiger partial charge in [-0.15, -0.1) is 0 Å². The maximum atomic E-state index is 13.2. The van der Waals surface area contributed by atoms with Gasteiger partial charge in [-0.1, -0.05) is 12.1 Å². The standard InChI is InChI=1S/C9H10FN3/c10-9-8-6(4-5-11)2-1-3-7(8)12-13-9/h1-3H,4-5,11H2,(H,12,13). The zero-order chi connectivity index (χ0) is 9.26. The van der Waals surface area contributed by atoms with Gasteiger partial charge in [-0.05, 0) is 24.6 Å². The lowest BCUT2D eigenvalue weighted by atomic mass is 10.1. The topological polar surface area (TPSA) is 54.7 Å². The van der Waals surface area contributed by atoms with Crippen LogP contribution in [0.5, 0.6) is 0 Å². The molecule has 2 rings (SSSR count). The minimum absolute atomic E-state index is 0.376. The third-order valence-electron chi connectivity index (χ3n) is 2.04. The lowest BCUT2D eigenvalue weighted by molar-refractivity contribution is 0.587. The van der Waals surface area contributed by atoms with Crippen LogP contribution in [0.4, 0.5) is 4.39 Å². The highest BCUT2D eigenvalue weighted by Crippen LogP contribution is 2.19. The van der Waals surface area contributed by atoms with Gasteiger partial charge in [0.25, 0.3) is 0 Å². The van der Waals surface area contributed by atoms with Crippen molar-refractivity contribution in [1.82, 2.24) is 10.2 Å². The highest BCUT2D eigenvalue weighted by atomic mass is 19.1. The number of nitrogens with two attached hydrogens (primary N) is 1.